The summed E-state index contributed by atoms with van der Waals surface area (Å²) in [6.45, 7) is 5.07. The highest BCUT2D eigenvalue weighted by Crippen LogP contribution is 2.16. The van der Waals surface area contributed by atoms with Crippen molar-refractivity contribution >= 4 is 17.5 Å². The maximum Gasteiger partial charge on any atom is 0.251 e. The average molecular weight is 349 g/mol. The minimum absolute atomic E-state index is 0.0664. The van der Waals surface area contributed by atoms with Gasteiger partial charge in [0.25, 0.3) is 5.91 Å². The summed E-state index contributed by atoms with van der Waals surface area (Å²) in [5.74, 6) is -0.446. The first-order chi connectivity index (χ1) is 12.0. The standard InChI is InChI=1S/C18H24FN3O3/c1-13-4-5-14(11-15(13)19)20-17(23)12-21-6-8-22(9-7-21)18(24)16-3-2-10-25-16/h4-5,11,16H,2-3,6-10,12H2,1H3,(H,20,23)/t16-/m0/s1. The second kappa shape index (κ2) is 7.93. The van der Waals surface area contributed by atoms with E-state index < -0.39 is 0 Å². The van der Waals surface area contributed by atoms with Crippen LogP contribution in [0.3, 0.4) is 0 Å². The monoisotopic (exact) mass is 349 g/mol. The summed E-state index contributed by atoms with van der Waals surface area (Å²) in [7, 11) is 0. The largest absolute Gasteiger partial charge is 0.368 e. The summed E-state index contributed by atoms with van der Waals surface area (Å²) < 4.78 is 19.0. The molecular formula is C18H24FN3O3. The Kier molecular flexibility index (Phi) is 5.65. The Hall–Kier alpha value is -1.99. The van der Waals surface area contributed by atoms with Gasteiger partial charge in [-0.15, -0.1) is 0 Å². The van der Waals surface area contributed by atoms with Crippen LogP contribution in [0.4, 0.5) is 10.1 Å². The van der Waals surface area contributed by atoms with Gasteiger partial charge in [0.1, 0.15) is 11.9 Å². The molecule has 2 heterocycles. The summed E-state index contributed by atoms with van der Waals surface area (Å²) in [4.78, 5) is 28.2. The Labute approximate surface area is 146 Å². The lowest BCUT2D eigenvalue weighted by Gasteiger charge is -2.35. The molecule has 0 bridgehead atoms. The Morgan fingerprint density at radius 2 is 2.04 bits per heavy atom. The van der Waals surface area contributed by atoms with Crippen molar-refractivity contribution in [2.45, 2.75) is 25.9 Å². The third-order valence-corrected chi connectivity index (χ3v) is 4.71. The molecular weight excluding hydrogens is 325 g/mol. The molecule has 0 radical (unpaired) electrons. The molecule has 1 aromatic carbocycles. The zero-order valence-electron chi connectivity index (χ0n) is 14.5. The van der Waals surface area contributed by atoms with Gasteiger partial charge < -0.3 is 15.0 Å². The Bertz CT molecular complexity index is 638. The third kappa shape index (κ3) is 4.55. The number of aryl methyl sites for hydroxylation is 1. The van der Waals surface area contributed by atoms with E-state index in [4.69, 9.17) is 4.74 Å². The number of benzene rings is 1. The molecule has 0 saturated carbocycles. The van der Waals surface area contributed by atoms with Gasteiger partial charge in [-0.2, -0.15) is 0 Å². The molecule has 0 aliphatic carbocycles. The van der Waals surface area contributed by atoms with Crippen LogP contribution in [-0.2, 0) is 14.3 Å². The van der Waals surface area contributed by atoms with Gasteiger partial charge in [0.05, 0.1) is 6.54 Å². The van der Waals surface area contributed by atoms with E-state index in [0.717, 1.165) is 12.8 Å². The fraction of sp³-hybridized carbons (Fsp3) is 0.556. The number of carbonyl (C=O) groups is 2. The quantitative estimate of drug-likeness (QED) is 0.893. The fourth-order valence-corrected chi connectivity index (χ4v) is 3.18. The molecule has 7 heteroatoms. The molecule has 136 valence electrons. The maximum absolute atomic E-state index is 13.5. The summed E-state index contributed by atoms with van der Waals surface area (Å²) >= 11 is 0. The van der Waals surface area contributed by atoms with Gasteiger partial charge in [-0.05, 0) is 37.5 Å². The van der Waals surface area contributed by atoms with Gasteiger partial charge in [-0.25, -0.2) is 4.39 Å². The smallest absolute Gasteiger partial charge is 0.251 e. The van der Waals surface area contributed by atoms with Crippen LogP contribution in [-0.4, -0.2) is 67.0 Å². The first-order valence-electron chi connectivity index (χ1n) is 8.71. The van der Waals surface area contributed by atoms with Crippen LogP contribution in [0.25, 0.3) is 0 Å². The van der Waals surface area contributed by atoms with Crippen LogP contribution < -0.4 is 5.32 Å². The van der Waals surface area contributed by atoms with E-state index in [1.165, 1.54) is 6.07 Å². The van der Waals surface area contributed by atoms with Gasteiger partial charge >= 0.3 is 0 Å². The van der Waals surface area contributed by atoms with E-state index in [9.17, 15) is 14.0 Å². The molecule has 2 fully saturated rings. The first kappa shape index (κ1) is 17.8. The number of halogens is 1. The zero-order chi connectivity index (χ0) is 17.8. The molecule has 2 amide bonds. The second-order valence-corrected chi connectivity index (χ2v) is 6.62. The highest BCUT2D eigenvalue weighted by Gasteiger charge is 2.30. The summed E-state index contributed by atoms with van der Waals surface area (Å²) in [6, 6.07) is 4.65. The van der Waals surface area contributed by atoms with Crippen molar-refractivity contribution in [2.75, 3.05) is 44.6 Å². The number of hydrogen-bond acceptors (Lipinski definition) is 4. The molecule has 2 saturated heterocycles. The van der Waals surface area contributed by atoms with E-state index in [2.05, 4.69) is 5.32 Å². The predicted octanol–water partition coefficient (Wildman–Crippen LogP) is 1.40. The van der Waals surface area contributed by atoms with Crippen LogP contribution in [0, 0.1) is 12.7 Å². The summed E-state index contributed by atoms with van der Waals surface area (Å²) in [5.41, 5.74) is 1.00. The highest BCUT2D eigenvalue weighted by atomic mass is 19.1. The molecule has 25 heavy (non-hydrogen) atoms. The number of nitrogens with zero attached hydrogens (tertiary/aromatic N) is 2. The average Bonchev–Trinajstić information content (AvgIpc) is 3.13. The topological polar surface area (TPSA) is 61.9 Å². The van der Waals surface area contributed by atoms with Crippen LogP contribution in [0.5, 0.6) is 0 Å². The molecule has 2 aliphatic rings. The number of amides is 2. The van der Waals surface area contributed by atoms with E-state index in [1.807, 2.05) is 9.80 Å². The maximum atomic E-state index is 13.5. The molecule has 0 aromatic heterocycles. The molecule has 6 nitrogen and oxygen atoms in total. The van der Waals surface area contributed by atoms with Crippen LogP contribution in [0.1, 0.15) is 18.4 Å². The van der Waals surface area contributed by atoms with Crippen molar-refractivity contribution in [3.63, 3.8) is 0 Å². The number of anilines is 1. The minimum Gasteiger partial charge on any atom is -0.368 e. The van der Waals surface area contributed by atoms with Crippen molar-refractivity contribution in [3.8, 4) is 0 Å². The molecule has 3 rings (SSSR count). The Morgan fingerprint density at radius 3 is 2.68 bits per heavy atom. The fourth-order valence-electron chi connectivity index (χ4n) is 3.18. The molecule has 1 N–H and O–H groups in total. The normalized spacial score (nSPS) is 21.4. The molecule has 1 atom stereocenters. The lowest BCUT2D eigenvalue weighted by Crippen LogP contribution is -2.52. The van der Waals surface area contributed by atoms with Crippen LogP contribution >= 0.6 is 0 Å². The van der Waals surface area contributed by atoms with Crippen LogP contribution in [0.2, 0.25) is 0 Å². The van der Waals surface area contributed by atoms with Gasteiger partial charge in [-0.3, -0.25) is 14.5 Å². The first-order valence-corrected chi connectivity index (χ1v) is 8.71. The molecule has 0 spiro atoms. The van der Waals surface area contributed by atoms with Gasteiger partial charge in [0.15, 0.2) is 0 Å². The summed E-state index contributed by atoms with van der Waals surface area (Å²) in [6.07, 6.45) is 1.45. The van der Waals surface area contributed by atoms with Crippen molar-refractivity contribution in [3.05, 3.63) is 29.6 Å². The van der Waals surface area contributed by atoms with E-state index in [1.54, 1.807) is 19.1 Å². The molecule has 2 aliphatic heterocycles. The lowest BCUT2D eigenvalue weighted by molar-refractivity contribution is -0.142. The number of hydrogen-bond donors (Lipinski definition) is 1. The predicted molar refractivity (Wildman–Crippen MR) is 91.8 cm³/mol. The van der Waals surface area contributed by atoms with Crippen molar-refractivity contribution < 1.29 is 18.7 Å². The van der Waals surface area contributed by atoms with Crippen LogP contribution in [0.15, 0.2) is 18.2 Å². The number of rotatable bonds is 4. The second-order valence-electron chi connectivity index (χ2n) is 6.62. The van der Waals surface area contributed by atoms with Crippen molar-refractivity contribution in [2.24, 2.45) is 0 Å². The van der Waals surface area contributed by atoms with E-state index >= 15 is 0 Å². The minimum atomic E-state index is -0.334. The van der Waals surface area contributed by atoms with Gasteiger partial charge in [0, 0.05) is 38.5 Å². The number of piperazine rings is 1. The number of ether oxygens (including phenoxy) is 1. The SMILES string of the molecule is Cc1ccc(NC(=O)CN2CCN(C(=O)[C@@H]3CCCO3)CC2)cc1F. The number of carbonyl (C=O) groups excluding carboxylic acids is 2. The molecule has 1 aromatic rings. The van der Waals surface area contributed by atoms with E-state index in [-0.39, 0.29) is 30.3 Å². The van der Waals surface area contributed by atoms with E-state index in [0.29, 0.717) is 44.0 Å². The lowest BCUT2D eigenvalue weighted by atomic mass is 10.2. The Morgan fingerprint density at radius 1 is 1.28 bits per heavy atom. The van der Waals surface area contributed by atoms with Gasteiger partial charge in [0.2, 0.25) is 5.91 Å². The van der Waals surface area contributed by atoms with Crippen molar-refractivity contribution in [1.82, 2.24) is 9.80 Å². The Balaban J connectivity index is 1.44. The zero-order valence-corrected chi connectivity index (χ0v) is 14.5. The van der Waals surface area contributed by atoms with Gasteiger partial charge in [-0.1, -0.05) is 6.07 Å². The number of nitrogens with one attached hydrogen (secondary N) is 1. The highest BCUT2D eigenvalue weighted by molar-refractivity contribution is 5.92. The van der Waals surface area contributed by atoms with Crippen molar-refractivity contribution in [1.29, 1.82) is 0 Å². The summed E-state index contributed by atoms with van der Waals surface area (Å²) in [5, 5.41) is 2.71. The molecule has 0 unspecified atom stereocenters. The third-order valence-electron chi connectivity index (χ3n) is 4.71.